The van der Waals surface area contributed by atoms with Crippen LogP contribution >= 0.6 is 28.3 Å². The van der Waals surface area contributed by atoms with Crippen LogP contribution in [0.3, 0.4) is 0 Å². The smallest absolute Gasteiger partial charge is 0.273 e. The minimum absolute atomic E-state index is 0. The predicted octanol–water partition coefficient (Wildman–Crippen LogP) is 2.43. The molecule has 0 aliphatic carbocycles. The van der Waals surface area contributed by atoms with E-state index in [0.717, 1.165) is 10.9 Å². The molecule has 4 heteroatoms. The quantitative estimate of drug-likeness (QED) is 0.769. The summed E-state index contributed by atoms with van der Waals surface area (Å²) < 4.78 is 5.13. The second-order valence-corrected chi connectivity index (χ2v) is 2.51. The van der Waals surface area contributed by atoms with Gasteiger partial charge in [-0.3, -0.25) is 0 Å². The third-order valence-corrected chi connectivity index (χ3v) is 1.74. The lowest BCUT2D eigenvalue weighted by molar-refractivity contribution is 0.338. The van der Waals surface area contributed by atoms with Gasteiger partial charge in [-0.15, -0.1) is 17.0 Å². The van der Waals surface area contributed by atoms with Gasteiger partial charge in [-0.05, 0) is 13.8 Å². The van der Waals surface area contributed by atoms with E-state index in [1.54, 1.807) is 11.3 Å². The van der Waals surface area contributed by atoms with Crippen molar-refractivity contribution in [2.45, 2.75) is 13.8 Å². The molecule has 0 fully saturated rings. The molecule has 0 saturated heterocycles. The molecule has 1 heterocycles. The van der Waals surface area contributed by atoms with Crippen molar-refractivity contribution in [1.82, 2.24) is 4.98 Å². The third kappa shape index (κ3) is 2.66. The number of nitrogens with zero attached hydrogens (tertiary/aromatic N) is 1. The molecule has 0 N–H and O–H groups in total. The number of halogens is 1. The molecule has 0 amide bonds. The Morgan fingerprint density at radius 1 is 1.70 bits per heavy atom. The van der Waals surface area contributed by atoms with Crippen LogP contribution in [-0.4, -0.2) is 11.6 Å². The lowest BCUT2D eigenvalue weighted by atomic mass is 10.6. The van der Waals surface area contributed by atoms with E-state index in [1.807, 2.05) is 19.2 Å². The highest BCUT2D eigenvalue weighted by atomic mass is 79.9. The maximum atomic E-state index is 5.13. The maximum absolute atomic E-state index is 5.13. The first-order valence-corrected chi connectivity index (χ1v) is 3.76. The Bertz CT molecular complexity index is 190. The molecule has 58 valence electrons. The van der Waals surface area contributed by atoms with Crippen LogP contribution in [0.2, 0.25) is 0 Å². The summed E-state index contributed by atoms with van der Waals surface area (Å²) in [5.74, 6) is 0. The number of aromatic nitrogens is 1. The molecule has 2 nitrogen and oxygen atoms in total. The predicted molar refractivity (Wildman–Crippen MR) is 48.3 cm³/mol. The van der Waals surface area contributed by atoms with E-state index in [4.69, 9.17) is 4.74 Å². The van der Waals surface area contributed by atoms with Crippen LogP contribution in [-0.2, 0) is 0 Å². The van der Waals surface area contributed by atoms with E-state index in [2.05, 4.69) is 4.98 Å². The van der Waals surface area contributed by atoms with Crippen LogP contribution in [0, 0.1) is 6.92 Å². The van der Waals surface area contributed by atoms with Crippen LogP contribution in [0.5, 0.6) is 5.19 Å². The van der Waals surface area contributed by atoms with Gasteiger partial charge in [0.15, 0.2) is 0 Å². The van der Waals surface area contributed by atoms with E-state index < -0.39 is 0 Å². The summed E-state index contributed by atoms with van der Waals surface area (Å²) in [6.45, 7) is 4.61. The molecule has 0 aliphatic rings. The second-order valence-electron chi connectivity index (χ2n) is 1.69. The highest BCUT2D eigenvalue weighted by molar-refractivity contribution is 8.93. The second kappa shape index (κ2) is 4.68. The molecule has 0 spiro atoms. The summed E-state index contributed by atoms with van der Waals surface area (Å²) in [5.41, 5.74) is 1.03. The first-order chi connectivity index (χ1) is 4.33. The van der Waals surface area contributed by atoms with Gasteiger partial charge < -0.3 is 4.74 Å². The fraction of sp³-hybridized carbons (Fsp3) is 0.500. The molecule has 10 heavy (non-hydrogen) atoms. The van der Waals surface area contributed by atoms with Crippen LogP contribution in [0.25, 0.3) is 0 Å². The van der Waals surface area contributed by atoms with Gasteiger partial charge in [0, 0.05) is 5.38 Å². The molecule has 0 atom stereocenters. The van der Waals surface area contributed by atoms with Crippen LogP contribution in [0.15, 0.2) is 5.38 Å². The van der Waals surface area contributed by atoms with Gasteiger partial charge in [0.05, 0.1) is 12.3 Å². The Kier molecular flexibility index (Phi) is 4.64. The molecule has 0 aromatic carbocycles. The molecule has 1 rings (SSSR count). The molecule has 1 aromatic heterocycles. The summed E-state index contributed by atoms with van der Waals surface area (Å²) in [5, 5.41) is 2.75. The zero-order valence-electron chi connectivity index (χ0n) is 5.96. The first-order valence-electron chi connectivity index (χ1n) is 2.88. The van der Waals surface area contributed by atoms with Crippen LogP contribution < -0.4 is 4.74 Å². The van der Waals surface area contributed by atoms with Gasteiger partial charge >= 0.3 is 0 Å². The van der Waals surface area contributed by atoms with Gasteiger partial charge in [-0.2, -0.15) is 0 Å². The lowest BCUT2D eigenvalue weighted by Gasteiger charge is -1.92. The largest absolute Gasteiger partial charge is 0.470 e. The van der Waals surface area contributed by atoms with Crippen LogP contribution in [0.1, 0.15) is 12.6 Å². The Morgan fingerprint density at radius 2 is 2.40 bits per heavy atom. The average molecular weight is 224 g/mol. The lowest BCUT2D eigenvalue weighted by Crippen LogP contribution is -1.89. The van der Waals surface area contributed by atoms with E-state index in [0.29, 0.717) is 6.61 Å². The fourth-order valence-corrected chi connectivity index (χ4v) is 1.23. The minimum atomic E-state index is 0. The fourth-order valence-electron chi connectivity index (χ4n) is 0.522. The number of rotatable bonds is 2. The molecule has 0 unspecified atom stereocenters. The van der Waals surface area contributed by atoms with E-state index in [1.165, 1.54) is 0 Å². The summed E-state index contributed by atoms with van der Waals surface area (Å²) in [4.78, 5) is 4.10. The average Bonchev–Trinajstić information content (AvgIpc) is 2.17. The minimum Gasteiger partial charge on any atom is -0.470 e. The topological polar surface area (TPSA) is 22.1 Å². The number of hydrogen-bond donors (Lipinski definition) is 0. The Hall–Kier alpha value is -0.0900. The molecular formula is C6H10BrNOS. The third-order valence-electron chi connectivity index (χ3n) is 0.866. The molecule has 0 radical (unpaired) electrons. The number of ether oxygens (including phenoxy) is 1. The zero-order valence-corrected chi connectivity index (χ0v) is 8.49. The van der Waals surface area contributed by atoms with Crippen molar-refractivity contribution >= 4 is 28.3 Å². The maximum Gasteiger partial charge on any atom is 0.273 e. The number of hydrogen-bond acceptors (Lipinski definition) is 3. The van der Waals surface area contributed by atoms with Crippen LogP contribution in [0.4, 0.5) is 0 Å². The first kappa shape index (κ1) is 9.91. The van der Waals surface area contributed by atoms with Crippen molar-refractivity contribution in [3.8, 4) is 5.19 Å². The van der Waals surface area contributed by atoms with Crippen molar-refractivity contribution in [3.05, 3.63) is 11.1 Å². The van der Waals surface area contributed by atoms with Crippen molar-refractivity contribution in [1.29, 1.82) is 0 Å². The van der Waals surface area contributed by atoms with Crippen molar-refractivity contribution in [2.24, 2.45) is 0 Å². The van der Waals surface area contributed by atoms with Gasteiger partial charge in [-0.25, -0.2) is 4.98 Å². The van der Waals surface area contributed by atoms with Crippen molar-refractivity contribution in [3.63, 3.8) is 0 Å². The number of thiazole rings is 1. The molecular weight excluding hydrogens is 214 g/mol. The van der Waals surface area contributed by atoms with Crippen molar-refractivity contribution < 1.29 is 4.74 Å². The summed E-state index contributed by atoms with van der Waals surface area (Å²) in [6, 6.07) is 0. The van der Waals surface area contributed by atoms with Gasteiger partial charge in [0.2, 0.25) is 0 Å². The molecule has 0 aliphatic heterocycles. The SMILES string of the molecule is Br.CCOc1nc(C)cs1. The van der Waals surface area contributed by atoms with E-state index >= 15 is 0 Å². The van der Waals surface area contributed by atoms with E-state index in [9.17, 15) is 0 Å². The molecule has 0 saturated carbocycles. The normalized spacial score (nSPS) is 8.60. The summed E-state index contributed by atoms with van der Waals surface area (Å²) in [7, 11) is 0. The highest BCUT2D eigenvalue weighted by Crippen LogP contribution is 2.16. The number of aryl methyl sites for hydroxylation is 1. The van der Waals surface area contributed by atoms with Gasteiger partial charge in [0.1, 0.15) is 0 Å². The zero-order chi connectivity index (χ0) is 6.69. The Morgan fingerprint density at radius 3 is 2.80 bits per heavy atom. The molecule has 0 bridgehead atoms. The highest BCUT2D eigenvalue weighted by Gasteiger charge is 1.94. The Labute approximate surface area is 75.0 Å². The van der Waals surface area contributed by atoms with Crippen molar-refractivity contribution in [2.75, 3.05) is 6.61 Å². The monoisotopic (exact) mass is 223 g/mol. The molecule has 1 aromatic rings. The van der Waals surface area contributed by atoms with Gasteiger partial charge in [0.25, 0.3) is 5.19 Å². The summed E-state index contributed by atoms with van der Waals surface area (Å²) >= 11 is 1.54. The van der Waals surface area contributed by atoms with E-state index in [-0.39, 0.29) is 17.0 Å². The Balaban J connectivity index is 0.000000810. The van der Waals surface area contributed by atoms with Gasteiger partial charge in [-0.1, -0.05) is 11.3 Å². The summed E-state index contributed by atoms with van der Waals surface area (Å²) in [6.07, 6.45) is 0. The standard InChI is InChI=1S/C6H9NOS.BrH/c1-3-8-6-7-5(2)4-9-6;/h4H,3H2,1-2H3;1H.